The van der Waals surface area contributed by atoms with Crippen LogP contribution < -0.4 is 4.90 Å². The van der Waals surface area contributed by atoms with Crippen LogP contribution in [0.4, 0.5) is 10.1 Å². The van der Waals surface area contributed by atoms with Crippen LogP contribution in [0, 0.1) is 11.7 Å². The van der Waals surface area contributed by atoms with E-state index < -0.39 is 0 Å². The summed E-state index contributed by atoms with van der Waals surface area (Å²) >= 11 is 0. The lowest BCUT2D eigenvalue weighted by Gasteiger charge is -2.36. The van der Waals surface area contributed by atoms with Gasteiger partial charge in [-0.2, -0.15) is 0 Å². The lowest BCUT2D eigenvalue weighted by molar-refractivity contribution is -0.145. The molecule has 0 N–H and O–H groups in total. The maximum Gasteiger partial charge on any atom is 0.228 e. The summed E-state index contributed by atoms with van der Waals surface area (Å²) < 4.78 is 18.6. The van der Waals surface area contributed by atoms with Crippen molar-refractivity contribution in [1.29, 1.82) is 0 Å². The molecule has 1 aromatic carbocycles. The number of fused-ring (bicyclic) bond motifs is 2. The Hall–Kier alpha value is -1.95. The van der Waals surface area contributed by atoms with Gasteiger partial charge in [0, 0.05) is 18.7 Å². The molecule has 122 valence electrons. The molecule has 0 aromatic heterocycles. The maximum atomic E-state index is 13.0. The quantitative estimate of drug-likeness (QED) is 0.832. The normalized spacial score (nSPS) is 30.1. The maximum absolute atomic E-state index is 13.0. The molecule has 3 fully saturated rings. The van der Waals surface area contributed by atoms with Crippen LogP contribution in [0.25, 0.3) is 0 Å². The van der Waals surface area contributed by atoms with Crippen LogP contribution in [-0.4, -0.2) is 48.6 Å². The molecule has 3 saturated heterocycles. The number of anilines is 1. The van der Waals surface area contributed by atoms with Crippen molar-refractivity contribution in [3.8, 4) is 0 Å². The van der Waals surface area contributed by atoms with Gasteiger partial charge in [-0.25, -0.2) is 4.39 Å². The van der Waals surface area contributed by atoms with E-state index in [4.69, 9.17) is 4.74 Å². The van der Waals surface area contributed by atoms with Crippen LogP contribution in [0.1, 0.15) is 19.3 Å². The fourth-order valence-electron chi connectivity index (χ4n) is 3.94. The fraction of sp³-hybridized carbons (Fsp3) is 0.529. The number of amides is 2. The van der Waals surface area contributed by atoms with Crippen molar-refractivity contribution in [2.24, 2.45) is 5.92 Å². The Kier molecular flexibility index (Phi) is 3.56. The van der Waals surface area contributed by atoms with Crippen LogP contribution in [0.15, 0.2) is 24.3 Å². The highest BCUT2D eigenvalue weighted by Gasteiger charge is 2.45. The minimum Gasteiger partial charge on any atom is -0.377 e. The van der Waals surface area contributed by atoms with E-state index in [0.29, 0.717) is 25.4 Å². The second kappa shape index (κ2) is 5.60. The second-order valence-electron chi connectivity index (χ2n) is 6.55. The van der Waals surface area contributed by atoms with E-state index in [-0.39, 0.29) is 42.1 Å². The SMILES string of the molecule is O=C1CC(C(=O)N2C3CCC2COC3)CN1c1ccc(F)cc1. The molecule has 23 heavy (non-hydrogen) atoms. The van der Waals surface area contributed by atoms with Crippen LogP contribution in [0.3, 0.4) is 0 Å². The standard InChI is InChI=1S/C17H19FN2O3/c18-12-1-3-13(4-2-12)19-8-11(7-16(19)21)17(22)20-14-5-6-15(20)10-23-9-14/h1-4,11,14-15H,5-10H2. The topological polar surface area (TPSA) is 49.9 Å². The molecule has 3 aliphatic rings. The van der Waals surface area contributed by atoms with E-state index in [0.717, 1.165) is 12.8 Å². The molecule has 0 radical (unpaired) electrons. The van der Waals surface area contributed by atoms with Crippen LogP contribution >= 0.6 is 0 Å². The lowest BCUT2D eigenvalue weighted by Crippen LogP contribution is -2.51. The van der Waals surface area contributed by atoms with Gasteiger partial charge in [0.15, 0.2) is 0 Å². The molecule has 6 heteroatoms. The fourth-order valence-corrected chi connectivity index (χ4v) is 3.94. The van der Waals surface area contributed by atoms with Crippen molar-refractivity contribution in [3.05, 3.63) is 30.1 Å². The van der Waals surface area contributed by atoms with Gasteiger partial charge in [0.25, 0.3) is 0 Å². The summed E-state index contributed by atoms with van der Waals surface area (Å²) in [5.41, 5.74) is 0.650. The number of carbonyl (C=O) groups excluding carboxylic acids is 2. The summed E-state index contributed by atoms with van der Waals surface area (Å²) in [4.78, 5) is 28.7. The lowest BCUT2D eigenvalue weighted by atomic mass is 10.1. The Morgan fingerprint density at radius 3 is 2.43 bits per heavy atom. The first-order valence-corrected chi connectivity index (χ1v) is 8.09. The molecule has 0 saturated carbocycles. The number of hydrogen-bond donors (Lipinski definition) is 0. The van der Waals surface area contributed by atoms with E-state index in [1.54, 1.807) is 17.0 Å². The van der Waals surface area contributed by atoms with Gasteiger partial charge in [0.05, 0.1) is 31.2 Å². The van der Waals surface area contributed by atoms with E-state index in [1.807, 2.05) is 4.90 Å². The molecule has 3 heterocycles. The van der Waals surface area contributed by atoms with Crippen molar-refractivity contribution >= 4 is 17.5 Å². The number of halogens is 1. The van der Waals surface area contributed by atoms with Crippen LogP contribution in [0.2, 0.25) is 0 Å². The highest BCUT2D eigenvalue weighted by Crippen LogP contribution is 2.33. The van der Waals surface area contributed by atoms with Gasteiger partial charge >= 0.3 is 0 Å². The number of carbonyl (C=O) groups is 2. The summed E-state index contributed by atoms with van der Waals surface area (Å²) in [7, 11) is 0. The van der Waals surface area contributed by atoms with Gasteiger partial charge in [0.1, 0.15) is 5.82 Å². The Morgan fingerprint density at radius 1 is 1.13 bits per heavy atom. The van der Waals surface area contributed by atoms with Gasteiger partial charge in [-0.3, -0.25) is 9.59 Å². The van der Waals surface area contributed by atoms with E-state index in [2.05, 4.69) is 0 Å². The van der Waals surface area contributed by atoms with Gasteiger partial charge in [-0.15, -0.1) is 0 Å². The molecule has 4 rings (SSSR count). The van der Waals surface area contributed by atoms with E-state index in [9.17, 15) is 14.0 Å². The monoisotopic (exact) mass is 318 g/mol. The first-order chi connectivity index (χ1) is 11.1. The zero-order valence-electron chi connectivity index (χ0n) is 12.8. The molecule has 2 bridgehead atoms. The second-order valence-corrected chi connectivity index (χ2v) is 6.55. The van der Waals surface area contributed by atoms with E-state index in [1.165, 1.54) is 12.1 Å². The minimum absolute atomic E-state index is 0.0683. The highest BCUT2D eigenvalue weighted by molar-refractivity contribution is 6.00. The predicted octanol–water partition coefficient (Wildman–Crippen LogP) is 1.57. The minimum atomic E-state index is -0.335. The zero-order chi connectivity index (χ0) is 16.0. The largest absolute Gasteiger partial charge is 0.377 e. The Labute approximate surface area is 134 Å². The molecular weight excluding hydrogens is 299 g/mol. The van der Waals surface area contributed by atoms with Crippen molar-refractivity contribution < 1.29 is 18.7 Å². The third-order valence-electron chi connectivity index (χ3n) is 5.11. The van der Waals surface area contributed by atoms with Crippen molar-refractivity contribution in [1.82, 2.24) is 4.90 Å². The number of morpholine rings is 1. The number of ether oxygens (including phenoxy) is 1. The first-order valence-electron chi connectivity index (χ1n) is 8.09. The summed E-state index contributed by atoms with van der Waals surface area (Å²) in [6.07, 6.45) is 2.20. The van der Waals surface area contributed by atoms with Crippen molar-refractivity contribution in [3.63, 3.8) is 0 Å². The smallest absolute Gasteiger partial charge is 0.228 e. The summed E-state index contributed by atoms with van der Waals surface area (Å²) in [6, 6.07) is 6.16. The van der Waals surface area contributed by atoms with E-state index >= 15 is 0 Å². The van der Waals surface area contributed by atoms with Crippen molar-refractivity contribution in [2.45, 2.75) is 31.3 Å². The molecule has 5 nitrogen and oxygen atoms in total. The Bertz CT molecular complexity index is 617. The highest BCUT2D eigenvalue weighted by atomic mass is 19.1. The third-order valence-corrected chi connectivity index (χ3v) is 5.11. The molecule has 3 unspecified atom stereocenters. The number of rotatable bonds is 2. The molecule has 0 aliphatic carbocycles. The van der Waals surface area contributed by atoms with Crippen LogP contribution in [-0.2, 0) is 14.3 Å². The van der Waals surface area contributed by atoms with Gasteiger partial charge < -0.3 is 14.5 Å². The number of benzene rings is 1. The summed E-state index contributed by atoms with van der Waals surface area (Å²) in [6.45, 7) is 1.58. The molecule has 3 atom stereocenters. The molecule has 2 amide bonds. The molecular formula is C17H19FN2O3. The third kappa shape index (κ3) is 2.51. The van der Waals surface area contributed by atoms with Gasteiger partial charge in [-0.1, -0.05) is 0 Å². The van der Waals surface area contributed by atoms with Crippen molar-refractivity contribution in [2.75, 3.05) is 24.7 Å². The average molecular weight is 318 g/mol. The molecule has 3 aliphatic heterocycles. The summed E-state index contributed by atoms with van der Waals surface area (Å²) in [5.74, 6) is -0.652. The average Bonchev–Trinajstić information content (AvgIpc) is 3.05. The Balaban J connectivity index is 1.50. The zero-order valence-corrected chi connectivity index (χ0v) is 12.8. The van der Waals surface area contributed by atoms with Crippen LogP contribution in [0.5, 0.6) is 0 Å². The predicted molar refractivity (Wildman–Crippen MR) is 81.3 cm³/mol. The number of nitrogens with zero attached hydrogens (tertiary/aromatic N) is 2. The van der Waals surface area contributed by atoms with Gasteiger partial charge in [-0.05, 0) is 37.1 Å². The molecule has 1 aromatic rings. The first kappa shape index (κ1) is 14.6. The number of hydrogen-bond acceptors (Lipinski definition) is 3. The summed E-state index contributed by atoms with van der Waals surface area (Å²) in [5, 5.41) is 0. The Morgan fingerprint density at radius 2 is 1.78 bits per heavy atom. The molecule has 0 spiro atoms. The van der Waals surface area contributed by atoms with Gasteiger partial charge in [0.2, 0.25) is 11.8 Å².